The lowest BCUT2D eigenvalue weighted by molar-refractivity contribution is -0.903. The van der Waals surface area contributed by atoms with E-state index >= 15 is 0 Å². The SMILES string of the molecule is O[C@H](COc1ccc2oc3c(c2c1)CCCC3)C[NH+]1CCN(c2ccccc2)CC1. The molecule has 2 N–H and O–H groups in total. The summed E-state index contributed by atoms with van der Waals surface area (Å²) >= 11 is 0. The maximum absolute atomic E-state index is 10.5. The Kier molecular flexibility index (Phi) is 5.65. The summed E-state index contributed by atoms with van der Waals surface area (Å²) in [6.07, 6.45) is 4.11. The molecule has 0 bridgehead atoms. The largest absolute Gasteiger partial charge is 0.491 e. The summed E-state index contributed by atoms with van der Waals surface area (Å²) in [5, 5.41) is 11.7. The second-order valence-electron chi connectivity index (χ2n) is 8.61. The number of quaternary nitrogens is 1. The van der Waals surface area contributed by atoms with Gasteiger partial charge in [0, 0.05) is 23.1 Å². The van der Waals surface area contributed by atoms with Gasteiger partial charge in [-0.05, 0) is 49.6 Å². The van der Waals surface area contributed by atoms with E-state index in [-0.39, 0.29) is 0 Å². The van der Waals surface area contributed by atoms with E-state index in [1.165, 1.54) is 34.4 Å². The number of hydrogen-bond acceptors (Lipinski definition) is 4. The zero-order chi connectivity index (χ0) is 20.3. The molecule has 3 aromatic rings. The number of aliphatic hydroxyl groups is 1. The van der Waals surface area contributed by atoms with E-state index in [1.54, 1.807) is 0 Å². The van der Waals surface area contributed by atoms with Crippen LogP contribution in [-0.2, 0) is 12.8 Å². The number of aryl methyl sites for hydroxylation is 2. The molecule has 1 saturated heterocycles. The molecule has 158 valence electrons. The first-order chi connectivity index (χ1) is 14.8. The number of piperazine rings is 1. The fourth-order valence-corrected chi connectivity index (χ4v) is 4.84. The number of nitrogens with one attached hydrogen (secondary N) is 1. The molecule has 5 nitrogen and oxygen atoms in total. The Morgan fingerprint density at radius 2 is 1.83 bits per heavy atom. The van der Waals surface area contributed by atoms with Crippen LogP contribution in [0.4, 0.5) is 5.69 Å². The Labute approximate surface area is 177 Å². The molecule has 2 heterocycles. The molecule has 0 radical (unpaired) electrons. The lowest BCUT2D eigenvalue weighted by Gasteiger charge is -2.34. The highest BCUT2D eigenvalue weighted by molar-refractivity contribution is 5.84. The molecular formula is C25H31N2O3+. The quantitative estimate of drug-likeness (QED) is 0.659. The fourth-order valence-electron chi connectivity index (χ4n) is 4.84. The number of ether oxygens (including phenoxy) is 1. The van der Waals surface area contributed by atoms with Gasteiger partial charge in [0.15, 0.2) is 0 Å². The highest BCUT2D eigenvalue weighted by Crippen LogP contribution is 2.33. The van der Waals surface area contributed by atoms with Crippen LogP contribution in [0.5, 0.6) is 5.75 Å². The van der Waals surface area contributed by atoms with Gasteiger partial charge in [0.1, 0.15) is 36.3 Å². The average Bonchev–Trinajstić information content (AvgIpc) is 3.17. The number of para-hydroxylation sites is 1. The van der Waals surface area contributed by atoms with Gasteiger partial charge in [-0.1, -0.05) is 18.2 Å². The second-order valence-corrected chi connectivity index (χ2v) is 8.61. The summed E-state index contributed by atoms with van der Waals surface area (Å²) < 4.78 is 12.0. The molecule has 5 heteroatoms. The minimum Gasteiger partial charge on any atom is -0.491 e. The van der Waals surface area contributed by atoms with E-state index in [2.05, 4.69) is 41.3 Å². The number of fused-ring (bicyclic) bond motifs is 3. The average molecular weight is 408 g/mol. The number of aliphatic hydroxyl groups excluding tert-OH is 1. The first kappa shape index (κ1) is 19.5. The minimum atomic E-state index is -0.461. The van der Waals surface area contributed by atoms with Crippen molar-refractivity contribution in [1.82, 2.24) is 0 Å². The molecule has 1 aliphatic carbocycles. The van der Waals surface area contributed by atoms with Crippen molar-refractivity contribution in [3.63, 3.8) is 0 Å². The second kappa shape index (κ2) is 8.70. The summed E-state index contributed by atoms with van der Waals surface area (Å²) in [5.41, 5.74) is 3.59. The molecule has 1 aliphatic heterocycles. The van der Waals surface area contributed by atoms with Gasteiger partial charge in [-0.2, -0.15) is 0 Å². The zero-order valence-corrected chi connectivity index (χ0v) is 17.5. The first-order valence-corrected chi connectivity index (χ1v) is 11.2. The van der Waals surface area contributed by atoms with E-state index in [0.717, 1.165) is 62.7 Å². The highest BCUT2D eigenvalue weighted by Gasteiger charge is 2.23. The van der Waals surface area contributed by atoms with Crippen LogP contribution in [0.1, 0.15) is 24.2 Å². The summed E-state index contributed by atoms with van der Waals surface area (Å²) in [4.78, 5) is 3.87. The van der Waals surface area contributed by atoms with Crippen LogP contribution in [0.3, 0.4) is 0 Å². The van der Waals surface area contributed by atoms with Crippen molar-refractivity contribution in [2.24, 2.45) is 0 Å². The maximum atomic E-state index is 10.5. The van der Waals surface area contributed by atoms with E-state index in [1.807, 2.05) is 12.1 Å². The van der Waals surface area contributed by atoms with E-state index in [0.29, 0.717) is 6.61 Å². The van der Waals surface area contributed by atoms with Crippen molar-refractivity contribution in [3.05, 3.63) is 59.9 Å². The summed E-state index contributed by atoms with van der Waals surface area (Å²) in [7, 11) is 0. The van der Waals surface area contributed by atoms with Crippen molar-refractivity contribution in [3.8, 4) is 5.75 Å². The van der Waals surface area contributed by atoms with Crippen LogP contribution in [0.25, 0.3) is 11.0 Å². The third-order valence-electron chi connectivity index (χ3n) is 6.49. The van der Waals surface area contributed by atoms with Crippen LogP contribution in [-0.4, -0.2) is 50.5 Å². The molecule has 0 unspecified atom stereocenters. The van der Waals surface area contributed by atoms with Gasteiger partial charge < -0.3 is 24.1 Å². The van der Waals surface area contributed by atoms with Gasteiger partial charge in [0.25, 0.3) is 0 Å². The molecule has 0 amide bonds. The lowest BCUT2D eigenvalue weighted by atomic mass is 9.96. The van der Waals surface area contributed by atoms with Gasteiger partial charge in [-0.25, -0.2) is 0 Å². The summed E-state index contributed by atoms with van der Waals surface area (Å²) in [6, 6.07) is 16.6. The van der Waals surface area contributed by atoms with Gasteiger partial charge in [0.05, 0.1) is 26.2 Å². The third-order valence-corrected chi connectivity index (χ3v) is 6.49. The number of furan rings is 1. The molecule has 30 heavy (non-hydrogen) atoms. The van der Waals surface area contributed by atoms with Crippen LogP contribution in [0.15, 0.2) is 52.9 Å². The molecule has 1 aromatic heterocycles. The molecule has 5 rings (SSSR count). The highest BCUT2D eigenvalue weighted by atomic mass is 16.5. The van der Waals surface area contributed by atoms with E-state index in [4.69, 9.17) is 9.15 Å². The number of anilines is 1. The first-order valence-electron chi connectivity index (χ1n) is 11.2. The summed E-state index contributed by atoms with van der Waals surface area (Å²) in [6.45, 7) is 5.19. The van der Waals surface area contributed by atoms with Gasteiger partial charge in [0.2, 0.25) is 0 Å². The van der Waals surface area contributed by atoms with Gasteiger partial charge in [-0.15, -0.1) is 0 Å². The van der Waals surface area contributed by atoms with Gasteiger partial charge >= 0.3 is 0 Å². The Morgan fingerprint density at radius 1 is 1.03 bits per heavy atom. The molecular weight excluding hydrogens is 376 g/mol. The number of benzene rings is 2. The predicted octanol–water partition coefficient (Wildman–Crippen LogP) is 2.46. The smallest absolute Gasteiger partial charge is 0.137 e. The predicted molar refractivity (Wildman–Crippen MR) is 119 cm³/mol. The van der Waals surface area contributed by atoms with E-state index < -0.39 is 6.10 Å². The maximum Gasteiger partial charge on any atom is 0.137 e. The van der Waals surface area contributed by atoms with Crippen molar-refractivity contribution in [1.29, 1.82) is 0 Å². The van der Waals surface area contributed by atoms with Crippen LogP contribution < -0.4 is 14.5 Å². The van der Waals surface area contributed by atoms with Gasteiger partial charge in [-0.3, -0.25) is 0 Å². The Morgan fingerprint density at radius 3 is 2.67 bits per heavy atom. The fraction of sp³-hybridized carbons (Fsp3) is 0.440. The lowest BCUT2D eigenvalue weighted by Crippen LogP contribution is -3.16. The van der Waals surface area contributed by atoms with E-state index in [9.17, 15) is 5.11 Å². The summed E-state index contributed by atoms with van der Waals surface area (Å²) in [5.74, 6) is 1.96. The number of hydrogen-bond donors (Lipinski definition) is 2. The molecule has 0 saturated carbocycles. The molecule has 2 aliphatic rings. The normalized spacial score (nSPS) is 18.4. The Hall–Kier alpha value is -2.50. The number of nitrogens with zero attached hydrogens (tertiary/aromatic N) is 1. The van der Waals surface area contributed by atoms with Crippen LogP contribution >= 0.6 is 0 Å². The Bertz CT molecular complexity index is 977. The topological polar surface area (TPSA) is 50.3 Å². The van der Waals surface area contributed by atoms with Crippen LogP contribution in [0, 0.1) is 0 Å². The number of rotatable bonds is 6. The van der Waals surface area contributed by atoms with Crippen molar-refractivity contribution < 1.29 is 19.2 Å². The standard InChI is InChI=1S/C25H30N2O3/c28-20(17-26-12-14-27(15-13-26)19-6-2-1-3-7-19)18-29-21-10-11-25-23(16-21)22-8-4-5-9-24(22)30-25/h1-3,6-7,10-11,16,20,28H,4-5,8-9,12-15,17-18H2/p+1/t20-/m0/s1. The molecule has 2 aromatic carbocycles. The minimum absolute atomic E-state index is 0.331. The Balaban J connectivity index is 1.13. The molecule has 1 atom stereocenters. The molecule has 1 fully saturated rings. The van der Waals surface area contributed by atoms with Crippen LogP contribution in [0.2, 0.25) is 0 Å². The zero-order valence-electron chi connectivity index (χ0n) is 17.5. The molecule has 0 spiro atoms. The van der Waals surface area contributed by atoms with Crippen molar-refractivity contribution in [2.45, 2.75) is 31.8 Å². The van der Waals surface area contributed by atoms with Crippen molar-refractivity contribution in [2.75, 3.05) is 44.2 Å². The third kappa shape index (κ3) is 4.18. The monoisotopic (exact) mass is 407 g/mol. The van der Waals surface area contributed by atoms with Crippen molar-refractivity contribution >= 4 is 16.7 Å².